The molecule has 2 rings (SSSR count). The van der Waals surface area contributed by atoms with E-state index in [4.69, 9.17) is 10.5 Å². The van der Waals surface area contributed by atoms with Crippen molar-refractivity contribution in [1.82, 2.24) is 4.31 Å². The first-order valence-corrected chi connectivity index (χ1v) is 9.06. The van der Waals surface area contributed by atoms with Crippen LogP contribution < -0.4 is 5.73 Å². The van der Waals surface area contributed by atoms with E-state index in [1.165, 1.54) is 21.9 Å². The van der Waals surface area contributed by atoms with Crippen LogP contribution in [0, 0.1) is 5.92 Å². The number of sulfonamides is 1. The zero-order chi connectivity index (χ0) is 14.8. The molecule has 2 heterocycles. The molecule has 0 spiro atoms. The summed E-state index contributed by atoms with van der Waals surface area (Å²) < 4.78 is 29.7. The summed E-state index contributed by atoms with van der Waals surface area (Å²) in [6.07, 6.45) is 2.85. The molecule has 20 heavy (non-hydrogen) atoms. The van der Waals surface area contributed by atoms with Crippen molar-refractivity contribution in [1.29, 1.82) is 0 Å². The van der Waals surface area contributed by atoms with Gasteiger partial charge in [0.2, 0.25) is 10.0 Å². The Labute approximate surface area is 122 Å². The second kappa shape index (κ2) is 6.11. The summed E-state index contributed by atoms with van der Waals surface area (Å²) in [4.78, 5) is 12.2. The van der Waals surface area contributed by atoms with Crippen molar-refractivity contribution in [3.63, 3.8) is 0 Å². The van der Waals surface area contributed by atoms with Crippen LogP contribution in [0.3, 0.4) is 0 Å². The molecule has 1 aromatic rings. The molecule has 1 aliphatic heterocycles. The van der Waals surface area contributed by atoms with Crippen molar-refractivity contribution < 1.29 is 17.9 Å². The first-order chi connectivity index (χ1) is 9.38. The Morgan fingerprint density at radius 2 is 2.35 bits per heavy atom. The molecule has 0 radical (unpaired) electrons. The summed E-state index contributed by atoms with van der Waals surface area (Å²) >= 11 is 1.24. The molecule has 8 heteroatoms. The van der Waals surface area contributed by atoms with Crippen LogP contribution >= 0.6 is 11.3 Å². The molecule has 2 N–H and O–H groups in total. The SMILES string of the molecule is CS(=O)(=O)N1CCCC(COC(=O)c2sccc2N)C1. The second-order valence-corrected chi connectivity index (χ2v) is 7.83. The lowest BCUT2D eigenvalue weighted by Crippen LogP contribution is -2.40. The third kappa shape index (κ3) is 3.71. The number of nitrogens with two attached hydrogens (primary N) is 1. The summed E-state index contributed by atoms with van der Waals surface area (Å²) in [6.45, 7) is 1.18. The van der Waals surface area contributed by atoms with Gasteiger partial charge in [0.1, 0.15) is 4.88 Å². The number of nitrogen functional groups attached to an aromatic ring is 1. The van der Waals surface area contributed by atoms with Crippen molar-refractivity contribution in [2.45, 2.75) is 12.8 Å². The van der Waals surface area contributed by atoms with Crippen molar-refractivity contribution in [3.05, 3.63) is 16.3 Å². The maximum atomic E-state index is 11.8. The fourth-order valence-corrected chi connectivity index (χ4v) is 3.86. The molecule has 6 nitrogen and oxygen atoms in total. The van der Waals surface area contributed by atoms with Gasteiger partial charge in [-0.25, -0.2) is 17.5 Å². The van der Waals surface area contributed by atoms with Gasteiger partial charge in [-0.15, -0.1) is 11.3 Å². The van der Waals surface area contributed by atoms with Crippen LogP contribution in [0.4, 0.5) is 5.69 Å². The van der Waals surface area contributed by atoms with E-state index in [-0.39, 0.29) is 12.5 Å². The minimum absolute atomic E-state index is 0.0450. The minimum atomic E-state index is -3.17. The molecule has 1 aliphatic rings. The van der Waals surface area contributed by atoms with E-state index in [1.807, 2.05) is 0 Å². The van der Waals surface area contributed by atoms with E-state index in [1.54, 1.807) is 11.4 Å². The predicted molar refractivity (Wildman–Crippen MR) is 78.2 cm³/mol. The largest absolute Gasteiger partial charge is 0.461 e. The summed E-state index contributed by atoms with van der Waals surface area (Å²) in [5, 5.41) is 1.73. The zero-order valence-corrected chi connectivity index (χ0v) is 12.9. The molecular weight excluding hydrogens is 300 g/mol. The molecule has 1 atom stereocenters. The highest BCUT2D eigenvalue weighted by molar-refractivity contribution is 7.88. The highest BCUT2D eigenvalue weighted by Crippen LogP contribution is 2.22. The Bertz CT molecular complexity index is 582. The van der Waals surface area contributed by atoms with Crippen molar-refractivity contribution in [3.8, 4) is 0 Å². The Morgan fingerprint density at radius 1 is 1.60 bits per heavy atom. The number of anilines is 1. The normalized spacial score (nSPS) is 20.8. The molecule has 0 saturated carbocycles. The van der Waals surface area contributed by atoms with Gasteiger partial charge in [-0.1, -0.05) is 0 Å². The number of rotatable bonds is 4. The Morgan fingerprint density at radius 3 is 2.95 bits per heavy atom. The summed E-state index contributed by atoms with van der Waals surface area (Å²) in [6, 6.07) is 1.66. The van der Waals surface area contributed by atoms with Crippen LogP contribution in [0.2, 0.25) is 0 Å². The molecule has 112 valence electrons. The van der Waals surface area contributed by atoms with Gasteiger partial charge in [-0.2, -0.15) is 0 Å². The fourth-order valence-electron chi connectivity index (χ4n) is 2.21. The maximum absolute atomic E-state index is 11.8. The number of hydrogen-bond acceptors (Lipinski definition) is 6. The van der Waals surface area contributed by atoms with Gasteiger partial charge >= 0.3 is 5.97 Å². The number of nitrogens with zero attached hydrogens (tertiary/aromatic N) is 1. The molecule has 1 aromatic heterocycles. The number of thiophene rings is 1. The number of piperidine rings is 1. The second-order valence-electron chi connectivity index (χ2n) is 4.93. The minimum Gasteiger partial charge on any atom is -0.461 e. The van der Waals surface area contributed by atoms with Crippen LogP contribution in [-0.2, 0) is 14.8 Å². The average molecular weight is 318 g/mol. The van der Waals surface area contributed by atoms with Gasteiger partial charge < -0.3 is 10.5 Å². The Hall–Kier alpha value is -1.12. The first kappa shape index (κ1) is 15.3. The van der Waals surface area contributed by atoms with E-state index in [0.29, 0.717) is 23.7 Å². The highest BCUT2D eigenvalue weighted by atomic mass is 32.2. The lowest BCUT2D eigenvalue weighted by Gasteiger charge is -2.30. The maximum Gasteiger partial charge on any atom is 0.350 e. The highest BCUT2D eigenvalue weighted by Gasteiger charge is 2.27. The summed E-state index contributed by atoms with van der Waals surface area (Å²) in [7, 11) is -3.17. The number of carbonyl (C=O) groups is 1. The molecule has 1 saturated heterocycles. The predicted octanol–water partition coefficient (Wildman–Crippen LogP) is 1.16. The number of ether oxygens (including phenoxy) is 1. The van der Waals surface area contributed by atoms with E-state index in [0.717, 1.165) is 12.8 Å². The fraction of sp³-hybridized carbons (Fsp3) is 0.583. The summed E-state index contributed by atoms with van der Waals surface area (Å²) in [5.74, 6) is -0.391. The third-order valence-corrected chi connectivity index (χ3v) is 5.46. The smallest absolute Gasteiger partial charge is 0.350 e. The molecule has 1 unspecified atom stereocenters. The molecule has 0 bridgehead atoms. The molecular formula is C12H18N2O4S2. The van der Waals surface area contributed by atoms with Crippen LogP contribution in [0.1, 0.15) is 22.5 Å². The molecule has 1 fully saturated rings. The van der Waals surface area contributed by atoms with E-state index < -0.39 is 16.0 Å². The van der Waals surface area contributed by atoms with Crippen LogP contribution in [-0.4, -0.2) is 44.6 Å². The molecule has 0 aromatic carbocycles. The van der Waals surface area contributed by atoms with Crippen molar-refractivity contribution in [2.75, 3.05) is 31.7 Å². The number of carbonyl (C=O) groups excluding carboxylic acids is 1. The topological polar surface area (TPSA) is 89.7 Å². The Balaban J connectivity index is 1.88. The molecule has 0 amide bonds. The quantitative estimate of drug-likeness (QED) is 0.841. The van der Waals surface area contributed by atoms with Crippen molar-refractivity contribution >= 4 is 33.0 Å². The summed E-state index contributed by atoms with van der Waals surface area (Å²) in [5.41, 5.74) is 6.07. The average Bonchev–Trinajstić information content (AvgIpc) is 2.82. The van der Waals surface area contributed by atoms with Crippen LogP contribution in [0.5, 0.6) is 0 Å². The van der Waals surface area contributed by atoms with Crippen LogP contribution in [0.15, 0.2) is 11.4 Å². The van der Waals surface area contributed by atoms with Crippen LogP contribution in [0.25, 0.3) is 0 Å². The van der Waals surface area contributed by atoms with Gasteiger partial charge in [0.25, 0.3) is 0 Å². The monoisotopic (exact) mass is 318 g/mol. The van der Waals surface area contributed by atoms with Gasteiger partial charge in [0.15, 0.2) is 0 Å². The lowest BCUT2D eigenvalue weighted by atomic mass is 10.0. The van der Waals surface area contributed by atoms with Gasteiger partial charge in [-0.3, -0.25) is 0 Å². The first-order valence-electron chi connectivity index (χ1n) is 6.33. The van der Waals surface area contributed by atoms with E-state index in [2.05, 4.69) is 0 Å². The standard InChI is InChI=1S/C12H18N2O4S2/c1-20(16,17)14-5-2-3-9(7-14)8-18-12(15)11-10(13)4-6-19-11/h4,6,9H,2-3,5,7-8,13H2,1H3. The van der Waals surface area contributed by atoms with E-state index >= 15 is 0 Å². The van der Waals surface area contributed by atoms with E-state index in [9.17, 15) is 13.2 Å². The lowest BCUT2D eigenvalue weighted by molar-refractivity contribution is 0.0403. The Kier molecular flexibility index (Phi) is 4.66. The zero-order valence-electron chi connectivity index (χ0n) is 11.2. The van der Waals surface area contributed by atoms with Gasteiger partial charge in [0, 0.05) is 19.0 Å². The van der Waals surface area contributed by atoms with Gasteiger partial charge in [-0.05, 0) is 24.3 Å². The molecule has 0 aliphatic carbocycles. The third-order valence-electron chi connectivity index (χ3n) is 3.28. The van der Waals surface area contributed by atoms with Gasteiger partial charge in [0.05, 0.1) is 18.6 Å². The number of esters is 1. The van der Waals surface area contributed by atoms with Crippen molar-refractivity contribution in [2.24, 2.45) is 5.92 Å². The number of hydrogen-bond donors (Lipinski definition) is 1.